The second-order valence-electron chi connectivity index (χ2n) is 5.94. The van der Waals surface area contributed by atoms with Crippen molar-refractivity contribution in [3.8, 4) is 0 Å². The van der Waals surface area contributed by atoms with E-state index in [0.717, 1.165) is 31.6 Å². The summed E-state index contributed by atoms with van der Waals surface area (Å²) in [4.78, 5) is 19.6. The fraction of sp³-hybridized carbons (Fsp3) is 0.733. The summed E-state index contributed by atoms with van der Waals surface area (Å²) in [5.41, 5.74) is 3.04. The van der Waals surface area contributed by atoms with Crippen molar-refractivity contribution in [2.45, 2.75) is 52.6 Å². The summed E-state index contributed by atoms with van der Waals surface area (Å²) in [5.74, 6) is 0.396. The zero-order valence-electron chi connectivity index (χ0n) is 12.8. The normalized spacial score (nSPS) is 18.6. The molecule has 2 rings (SSSR count). The third-order valence-electron chi connectivity index (χ3n) is 3.96. The number of rotatable bonds is 4. The number of aryl methyl sites for hydroxylation is 1. The van der Waals surface area contributed by atoms with Crippen molar-refractivity contribution in [2.24, 2.45) is 5.92 Å². The Morgan fingerprint density at radius 2 is 2.05 bits per heavy atom. The summed E-state index contributed by atoms with van der Waals surface area (Å²) in [6.07, 6.45) is 2.08. The number of hydrogen-bond acceptors (Lipinski definition) is 4. The molecule has 5 heteroatoms. The molecule has 0 spiro atoms. The van der Waals surface area contributed by atoms with Crippen molar-refractivity contribution in [1.82, 2.24) is 15.2 Å². The van der Waals surface area contributed by atoms with Gasteiger partial charge in [-0.3, -0.25) is 4.79 Å². The number of nitrogens with zero attached hydrogens (tertiary/aromatic N) is 2. The van der Waals surface area contributed by atoms with Crippen LogP contribution in [0.2, 0.25) is 0 Å². The van der Waals surface area contributed by atoms with E-state index < -0.39 is 0 Å². The van der Waals surface area contributed by atoms with Crippen LogP contribution in [0.4, 0.5) is 0 Å². The maximum atomic E-state index is 12.0. The Morgan fingerprint density at radius 3 is 2.55 bits per heavy atom. The maximum absolute atomic E-state index is 12.0. The number of carbonyl (C=O) groups excluding carboxylic acids is 1. The first-order valence-electron chi connectivity index (χ1n) is 7.44. The Labute approximate surface area is 125 Å². The molecule has 1 aromatic heterocycles. The molecule has 1 fully saturated rings. The minimum Gasteiger partial charge on any atom is -0.342 e. The van der Waals surface area contributed by atoms with E-state index in [-0.39, 0.29) is 11.8 Å². The molecule has 0 aromatic carbocycles. The first kappa shape index (κ1) is 15.4. The van der Waals surface area contributed by atoms with Gasteiger partial charge >= 0.3 is 0 Å². The van der Waals surface area contributed by atoms with Gasteiger partial charge in [0, 0.05) is 36.0 Å². The van der Waals surface area contributed by atoms with Gasteiger partial charge in [0.25, 0.3) is 0 Å². The Hall–Kier alpha value is -0.940. The van der Waals surface area contributed by atoms with E-state index in [1.54, 1.807) is 11.3 Å². The molecule has 1 atom stereocenters. The lowest BCUT2D eigenvalue weighted by molar-refractivity contribution is -0.135. The molecule has 112 valence electrons. The quantitative estimate of drug-likeness (QED) is 0.929. The number of carbonyl (C=O) groups is 1. The molecule has 0 radical (unpaired) electrons. The third-order valence-corrected chi connectivity index (χ3v) is 5.08. The molecule has 2 heterocycles. The second kappa shape index (κ2) is 6.68. The zero-order valence-corrected chi connectivity index (χ0v) is 13.7. The van der Waals surface area contributed by atoms with E-state index in [4.69, 9.17) is 0 Å². The largest absolute Gasteiger partial charge is 0.342 e. The SMILES string of the molecule is Cc1ncsc1C(C)NC1CCN(C(=O)C(C)C)CC1. The van der Waals surface area contributed by atoms with Crippen LogP contribution in [0.15, 0.2) is 5.51 Å². The summed E-state index contributed by atoms with van der Waals surface area (Å²) < 4.78 is 0. The van der Waals surface area contributed by atoms with E-state index in [2.05, 4.69) is 24.1 Å². The minimum atomic E-state index is 0.110. The van der Waals surface area contributed by atoms with Crippen LogP contribution >= 0.6 is 11.3 Å². The van der Waals surface area contributed by atoms with Crippen LogP contribution < -0.4 is 5.32 Å². The van der Waals surface area contributed by atoms with Gasteiger partial charge < -0.3 is 10.2 Å². The van der Waals surface area contributed by atoms with Gasteiger partial charge in [0.15, 0.2) is 0 Å². The number of hydrogen-bond donors (Lipinski definition) is 1. The molecule has 0 saturated carbocycles. The van der Waals surface area contributed by atoms with Crippen LogP contribution in [0, 0.1) is 12.8 Å². The number of aromatic nitrogens is 1. The van der Waals surface area contributed by atoms with Crippen molar-refractivity contribution < 1.29 is 4.79 Å². The van der Waals surface area contributed by atoms with Crippen LogP contribution in [0.25, 0.3) is 0 Å². The second-order valence-corrected chi connectivity index (χ2v) is 6.83. The highest BCUT2D eigenvalue weighted by Gasteiger charge is 2.25. The van der Waals surface area contributed by atoms with E-state index >= 15 is 0 Å². The Morgan fingerprint density at radius 1 is 1.40 bits per heavy atom. The van der Waals surface area contributed by atoms with E-state index in [0.29, 0.717) is 12.1 Å². The number of nitrogens with one attached hydrogen (secondary N) is 1. The predicted molar refractivity (Wildman–Crippen MR) is 82.8 cm³/mol. The number of thiazole rings is 1. The van der Waals surface area contributed by atoms with Gasteiger partial charge in [-0.1, -0.05) is 13.8 Å². The lowest BCUT2D eigenvalue weighted by atomic mass is 10.0. The van der Waals surface area contributed by atoms with Crippen LogP contribution in [0.5, 0.6) is 0 Å². The Balaban J connectivity index is 1.83. The molecule has 1 N–H and O–H groups in total. The summed E-state index contributed by atoms with van der Waals surface area (Å²) in [7, 11) is 0. The van der Waals surface area contributed by atoms with Gasteiger partial charge in [-0.25, -0.2) is 4.98 Å². The fourth-order valence-corrected chi connectivity index (χ4v) is 3.61. The van der Waals surface area contributed by atoms with Crippen LogP contribution in [-0.2, 0) is 4.79 Å². The summed E-state index contributed by atoms with van der Waals surface area (Å²) >= 11 is 1.72. The standard InChI is InChI=1S/C15H25N3OS/c1-10(2)15(19)18-7-5-13(6-8-18)17-12(4)14-11(3)16-9-20-14/h9-10,12-13,17H,5-8H2,1-4H3. The third kappa shape index (κ3) is 3.58. The molecule has 4 nitrogen and oxygen atoms in total. The van der Waals surface area contributed by atoms with E-state index in [1.807, 2.05) is 24.3 Å². The molecular weight excluding hydrogens is 270 g/mol. The fourth-order valence-electron chi connectivity index (χ4n) is 2.79. The molecule has 1 unspecified atom stereocenters. The molecule has 1 aliphatic rings. The average molecular weight is 295 g/mol. The number of amides is 1. The van der Waals surface area contributed by atoms with Gasteiger partial charge in [-0.2, -0.15) is 0 Å². The maximum Gasteiger partial charge on any atom is 0.225 e. The smallest absolute Gasteiger partial charge is 0.225 e. The van der Waals surface area contributed by atoms with Crippen molar-refractivity contribution in [1.29, 1.82) is 0 Å². The topological polar surface area (TPSA) is 45.2 Å². The van der Waals surface area contributed by atoms with Crippen LogP contribution in [-0.4, -0.2) is 34.9 Å². The Bertz CT molecular complexity index is 450. The molecule has 0 aliphatic carbocycles. The van der Waals surface area contributed by atoms with Crippen molar-refractivity contribution >= 4 is 17.2 Å². The van der Waals surface area contributed by atoms with E-state index in [1.165, 1.54) is 4.88 Å². The number of piperidine rings is 1. The summed E-state index contributed by atoms with van der Waals surface area (Å²) in [6, 6.07) is 0.850. The molecule has 20 heavy (non-hydrogen) atoms. The first-order chi connectivity index (χ1) is 9.49. The van der Waals surface area contributed by atoms with Gasteiger partial charge in [-0.15, -0.1) is 11.3 Å². The zero-order chi connectivity index (χ0) is 14.7. The molecule has 1 aliphatic heterocycles. The lowest BCUT2D eigenvalue weighted by Gasteiger charge is -2.34. The molecule has 0 bridgehead atoms. The Kier molecular flexibility index (Phi) is 5.16. The lowest BCUT2D eigenvalue weighted by Crippen LogP contribution is -2.46. The average Bonchev–Trinajstić information content (AvgIpc) is 2.85. The minimum absolute atomic E-state index is 0.110. The predicted octanol–water partition coefficient (Wildman–Crippen LogP) is 2.75. The van der Waals surface area contributed by atoms with Crippen molar-refractivity contribution in [2.75, 3.05) is 13.1 Å². The van der Waals surface area contributed by atoms with Gasteiger partial charge in [0.05, 0.1) is 11.2 Å². The summed E-state index contributed by atoms with van der Waals surface area (Å²) in [6.45, 7) is 9.97. The molecular formula is C15H25N3OS. The summed E-state index contributed by atoms with van der Waals surface area (Å²) in [5, 5.41) is 3.68. The van der Waals surface area contributed by atoms with Crippen LogP contribution in [0.1, 0.15) is 50.2 Å². The molecule has 1 saturated heterocycles. The van der Waals surface area contributed by atoms with Crippen LogP contribution in [0.3, 0.4) is 0 Å². The van der Waals surface area contributed by atoms with E-state index in [9.17, 15) is 4.79 Å². The van der Waals surface area contributed by atoms with Crippen molar-refractivity contribution in [3.05, 3.63) is 16.1 Å². The number of likely N-dealkylation sites (tertiary alicyclic amines) is 1. The molecule has 1 amide bonds. The first-order valence-corrected chi connectivity index (χ1v) is 8.31. The highest BCUT2D eigenvalue weighted by molar-refractivity contribution is 7.09. The highest BCUT2D eigenvalue weighted by atomic mass is 32.1. The monoisotopic (exact) mass is 295 g/mol. The van der Waals surface area contributed by atoms with Gasteiger partial charge in [-0.05, 0) is 26.7 Å². The van der Waals surface area contributed by atoms with Gasteiger partial charge in [0.2, 0.25) is 5.91 Å². The van der Waals surface area contributed by atoms with Crippen molar-refractivity contribution in [3.63, 3.8) is 0 Å². The van der Waals surface area contributed by atoms with Gasteiger partial charge in [0.1, 0.15) is 0 Å². The molecule has 1 aromatic rings. The highest BCUT2D eigenvalue weighted by Crippen LogP contribution is 2.23.